The van der Waals surface area contributed by atoms with Gasteiger partial charge in [-0.2, -0.15) is 5.26 Å². The van der Waals surface area contributed by atoms with Gasteiger partial charge in [-0.25, -0.2) is 4.98 Å². The van der Waals surface area contributed by atoms with Crippen LogP contribution in [0.15, 0.2) is 6.07 Å². The first-order chi connectivity index (χ1) is 9.36. The van der Waals surface area contributed by atoms with E-state index in [-0.39, 0.29) is 0 Å². The molecule has 0 N–H and O–H groups in total. The monoisotopic (exact) mass is 258 g/mol. The fraction of sp³-hybridized carbons (Fsp3) is 0.600. The first-order valence-corrected chi connectivity index (χ1v) is 7.00. The molecule has 4 heteroatoms. The van der Waals surface area contributed by atoms with Crippen molar-refractivity contribution < 1.29 is 9.47 Å². The van der Waals surface area contributed by atoms with Gasteiger partial charge in [0.2, 0.25) is 5.88 Å². The van der Waals surface area contributed by atoms with Gasteiger partial charge in [-0.15, -0.1) is 0 Å². The minimum atomic E-state index is 0.523. The van der Waals surface area contributed by atoms with Crippen LogP contribution in [0.3, 0.4) is 0 Å². The van der Waals surface area contributed by atoms with Crippen molar-refractivity contribution in [1.29, 1.82) is 5.26 Å². The van der Waals surface area contributed by atoms with E-state index >= 15 is 0 Å². The van der Waals surface area contributed by atoms with Gasteiger partial charge >= 0.3 is 0 Å². The van der Waals surface area contributed by atoms with E-state index < -0.39 is 0 Å². The molecular weight excluding hydrogens is 240 g/mol. The molecule has 1 aromatic heterocycles. The Bertz CT molecular complexity index is 502. The van der Waals surface area contributed by atoms with E-state index in [1.165, 1.54) is 5.56 Å². The van der Waals surface area contributed by atoms with E-state index in [1.54, 1.807) is 0 Å². The predicted octanol–water partition coefficient (Wildman–Crippen LogP) is 2.25. The van der Waals surface area contributed by atoms with Gasteiger partial charge in [0.15, 0.2) is 0 Å². The molecule has 0 unspecified atom stereocenters. The van der Waals surface area contributed by atoms with Gasteiger partial charge in [-0.05, 0) is 49.7 Å². The van der Waals surface area contributed by atoms with E-state index in [4.69, 9.17) is 9.47 Å². The van der Waals surface area contributed by atoms with Crippen molar-refractivity contribution in [2.45, 2.75) is 32.1 Å². The molecule has 1 aliphatic carbocycles. The lowest BCUT2D eigenvalue weighted by molar-refractivity contribution is 0.0489. The number of aryl methyl sites for hydroxylation is 2. The highest BCUT2D eigenvalue weighted by Gasteiger charge is 2.19. The van der Waals surface area contributed by atoms with Gasteiger partial charge in [-0.3, -0.25) is 0 Å². The summed E-state index contributed by atoms with van der Waals surface area (Å²) < 4.78 is 11.1. The molecule has 0 radical (unpaired) electrons. The molecule has 1 saturated heterocycles. The molecule has 1 aromatic rings. The highest BCUT2D eigenvalue weighted by molar-refractivity contribution is 5.44. The topological polar surface area (TPSA) is 55.1 Å². The second-order valence-electron chi connectivity index (χ2n) is 5.28. The minimum absolute atomic E-state index is 0.523. The van der Waals surface area contributed by atoms with Crippen LogP contribution in [-0.2, 0) is 17.6 Å². The summed E-state index contributed by atoms with van der Waals surface area (Å²) in [6, 6.07) is 4.15. The van der Waals surface area contributed by atoms with Crippen molar-refractivity contribution in [3.63, 3.8) is 0 Å². The molecule has 2 heterocycles. The zero-order valence-corrected chi connectivity index (χ0v) is 11.0. The number of nitrogens with zero attached hydrogens (tertiary/aromatic N) is 2. The summed E-state index contributed by atoms with van der Waals surface area (Å²) in [6.45, 7) is 2.28. The minimum Gasteiger partial charge on any atom is -0.476 e. The molecular formula is C15H18N2O2. The first-order valence-electron chi connectivity index (χ1n) is 7.00. The van der Waals surface area contributed by atoms with Crippen molar-refractivity contribution in [2.24, 2.45) is 5.92 Å². The molecule has 100 valence electrons. The lowest BCUT2D eigenvalue weighted by Gasteiger charge is -2.22. The Morgan fingerprint density at radius 1 is 1.37 bits per heavy atom. The van der Waals surface area contributed by atoms with Gasteiger partial charge in [-0.1, -0.05) is 0 Å². The lowest BCUT2D eigenvalue weighted by Crippen LogP contribution is -2.22. The number of hydrogen-bond donors (Lipinski definition) is 0. The third-order valence-electron chi connectivity index (χ3n) is 3.93. The van der Waals surface area contributed by atoms with Crippen molar-refractivity contribution in [3.05, 3.63) is 22.9 Å². The normalized spacial score (nSPS) is 18.9. The van der Waals surface area contributed by atoms with Crippen LogP contribution < -0.4 is 4.74 Å². The Kier molecular flexibility index (Phi) is 3.65. The largest absolute Gasteiger partial charge is 0.476 e. The van der Waals surface area contributed by atoms with Crippen molar-refractivity contribution in [1.82, 2.24) is 4.98 Å². The number of fused-ring (bicyclic) bond motifs is 1. The summed E-state index contributed by atoms with van der Waals surface area (Å²) in [6.07, 6.45) is 5.25. The smallest absolute Gasteiger partial charge is 0.231 e. The number of aromatic nitrogens is 1. The summed E-state index contributed by atoms with van der Waals surface area (Å²) in [5.41, 5.74) is 2.91. The molecule has 4 nitrogen and oxygen atoms in total. The van der Waals surface area contributed by atoms with Gasteiger partial charge in [0.05, 0.1) is 6.61 Å². The van der Waals surface area contributed by atoms with Crippen molar-refractivity contribution in [3.8, 4) is 11.9 Å². The molecule has 0 saturated carbocycles. The average Bonchev–Trinajstić information content (AvgIpc) is 2.92. The highest BCUT2D eigenvalue weighted by atomic mass is 16.5. The second kappa shape index (κ2) is 5.58. The maximum Gasteiger partial charge on any atom is 0.231 e. The Labute approximate surface area is 113 Å². The van der Waals surface area contributed by atoms with Crippen LogP contribution >= 0.6 is 0 Å². The fourth-order valence-corrected chi connectivity index (χ4v) is 2.75. The van der Waals surface area contributed by atoms with Crippen molar-refractivity contribution in [2.75, 3.05) is 19.8 Å². The summed E-state index contributed by atoms with van der Waals surface area (Å²) in [5, 5.41) is 9.20. The number of ether oxygens (including phenoxy) is 2. The number of nitriles is 1. The van der Waals surface area contributed by atoms with E-state index in [0.29, 0.717) is 24.0 Å². The Balaban J connectivity index is 1.71. The zero-order chi connectivity index (χ0) is 13.1. The average molecular weight is 258 g/mol. The van der Waals surface area contributed by atoms with Gasteiger partial charge in [0, 0.05) is 18.9 Å². The standard InChI is InChI=1S/C15H18N2O2/c16-9-13-8-12-2-1-3-14(12)17-15(13)19-10-11-4-6-18-7-5-11/h8,11H,1-7,10H2. The van der Waals surface area contributed by atoms with Crippen LogP contribution in [0.5, 0.6) is 5.88 Å². The Hall–Kier alpha value is -1.60. The lowest BCUT2D eigenvalue weighted by atomic mass is 10.0. The molecule has 0 aromatic carbocycles. The number of pyridine rings is 1. The third kappa shape index (κ3) is 2.71. The predicted molar refractivity (Wildman–Crippen MR) is 70.0 cm³/mol. The maximum absolute atomic E-state index is 9.20. The number of hydrogen-bond acceptors (Lipinski definition) is 4. The summed E-state index contributed by atoms with van der Waals surface area (Å²) in [7, 11) is 0. The van der Waals surface area contributed by atoms with Crippen molar-refractivity contribution >= 4 is 0 Å². The van der Waals surface area contributed by atoms with Crippen LogP contribution in [0.4, 0.5) is 0 Å². The molecule has 0 atom stereocenters. The summed E-state index contributed by atoms with van der Waals surface area (Å²) in [5.74, 6) is 1.05. The quantitative estimate of drug-likeness (QED) is 0.834. The zero-order valence-electron chi connectivity index (χ0n) is 11.0. The van der Waals surface area contributed by atoms with Crippen LogP contribution in [0, 0.1) is 17.2 Å². The maximum atomic E-state index is 9.20. The van der Waals surface area contributed by atoms with Crippen LogP contribution in [0.25, 0.3) is 0 Å². The Morgan fingerprint density at radius 2 is 2.21 bits per heavy atom. The molecule has 1 fully saturated rings. The summed E-state index contributed by atoms with van der Waals surface area (Å²) >= 11 is 0. The molecule has 0 bridgehead atoms. The van der Waals surface area contributed by atoms with Gasteiger partial charge in [0.25, 0.3) is 0 Å². The number of rotatable bonds is 3. The van der Waals surface area contributed by atoms with Crippen LogP contribution in [-0.4, -0.2) is 24.8 Å². The SMILES string of the molecule is N#Cc1cc2c(nc1OCC1CCOCC1)CCC2. The first kappa shape index (κ1) is 12.4. The molecule has 3 rings (SSSR count). The molecule has 19 heavy (non-hydrogen) atoms. The highest BCUT2D eigenvalue weighted by Crippen LogP contribution is 2.27. The van der Waals surface area contributed by atoms with E-state index in [1.807, 2.05) is 6.07 Å². The van der Waals surface area contributed by atoms with Gasteiger partial charge < -0.3 is 9.47 Å². The molecule has 2 aliphatic rings. The summed E-state index contributed by atoms with van der Waals surface area (Å²) in [4.78, 5) is 4.53. The van der Waals surface area contributed by atoms with Crippen LogP contribution in [0.2, 0.25) is 0 Å². The van der Waals surface area contributed by atoms with Crippen LogP contribution in [0.1, 0.15) is 36.1 Å². The molecule has 1 aliphatic heterocycles. The van der Waals surface area contributed by atoms with E-state index in [9.17, 15) is 5.26 Å². The van der Waals surface area contributed by atoms with E-state index in [0.717, 1.165) is 51.0 Å². The fourth-order valence-electron chi connectivity index (χ4n) is 2.75. The van der Waals surface area contributed by atoms with Gasteiger partial charge in [0.1, 0.15) is 11.6 Å². The molecule has 0 amide bonds. The second-order valence-corrected chi connectivity index (χ2v) is 5.28. The third-order valence-corrected chi connectivity index (χ3v) is 3.93. The Morgan fingerprint density at radius 3 is 3.00 bits per heavy atom. The molecule has 0 spiro atoms. The van der Waals surface area contributed by atoms with E-state index in [2.05, 4.69) is 11.1 Å².